The van der Waals surface area contributed by atoms with E-state index in [1.54, 1.807) is 0 Å². The van der Waals surface area contributed by atoms with Gasteiger partial charge in [0.15, 0.2) is 5.82 Å². The molecule has 4 heteroatoms. The van der Waals surface area contributed by atoms with Crippen LogP contribution in [0.2, 0.25) is 0 Å². The number of nitrogens with two attached hydrogens (primary N) is 1. The molecule has 0 aliphatic rings. The maximum atomic E-state index is 10.4. The second-order valence-corrected chi connectivity index (χ2v) is 1.30. The van der Waals surface area contributed by atoms with E-state index in [1.165, 1.54) is 12.4 Å². The Labute approximate surface area is 45.4 Å². The lowest BCUT2D eigenvalue weighted by molar-refractivity contribution is 1.15. The molecular weight excluding hydrogens is 106 g/mol. The van der Waals surface area contributed by atoms with Crippen molar-refractivity contribution in [3.05, 3.63) is 22.7 Å². The molecule has 0 bridgehead atoms. The molecule has 0 saturated heterocycles. The highest BCUT2D eigenvalue weighted by Crippen LogP contribution is 1.75. The smallest absolute Gasteiger partial charge is 0.290 e. The van der Waals surface area contributed by atoms with Crippen LogP contribution in [0.3, 0.4) is 0 Å². The Morgan fingerprint density at radius 2 is 2.50 bits per heavy atom. The maximum absolute atomic E-state index is 10.4. The molecule has 0 aliphatic heterocycles. The van der Waals surface area contributed by atoms with Crippen LogP contribution in [-0.2, 0) is 0 Å². The lowest BCUT2D eigenvalue weighted by atomic mass is 10.7. The van der Waals surface area contributed by atoms with Crippen molar-refractivity contribution in [1.29, 1.82) is 0 Å². The van der Waals surface area contributed by atoms with Gasteiger partial charge in [-0.3, -0.25) is 4.79 Å². The fourth-order valence-corrected chi connectivity index (χ4v) is 0.363. The number of anilines is 1. The van der Waals surface area contributed by atoms with Crippen molar-refractivity contribution in [2.45, 2.75) is 0 Å². The summed E-state index contributed by atoms with van der Waals surface area (Å²) >= 11 is 0. The van der Waals surface area contributed by atoms with Gasteiger partial charge in [-0.05, 0) is 0 Å². The average molecular weight is 111 g/mol. The molecular formula is C4H5N3O. The van der Waals surface area contributed by atoms with Crippen LogP contribution in [-0.4, -0.2) is 9.97 Å². The van der Waals surface area contributed by atoms with Crippen molar-refractivity contribution in [3.8, 4) is 0 Å². The van der Waals surface area contributed by atoms with Crippen molar-refractivity contribution in [3.63, 3.8) is 0 Å². The summed E-state index contributed by atoms with van der Waals surface area (Å²) in [6.07, 6.45) is 2.86. The molecule has 4 nitrogen and oxygen atoms in total. The number of nitrogen functional groups attached to an aromatic ring is 1. The third-order valence-corrected chi connectivity index (χ3v) is 0.735. The largest absolute Gasteiger partial charge is 0.379 e. The number of nitrogens with one attached hydrogen (secondary N) is 1. The first-order valence-corrected chi connectivity index (χ1v) is 2.10. The summed E-state index contributed by atoms with van der Waals surface area (Å²) in [6, 6.07) is 0. The first-order valence-electron chi connectivity index (χ1n) is 2.10. The Morgan fingerprint density at radius 3 is 2.88 bits per heavy atom. The molecule has 1 aromatic rings. The molecule has 0 aromatic carbocycles. The van der Waals surface area contributed by atoms with Crippen LogP contribution in [0, 0.1) is 0 Å². The summed E-state index contributed by atoms with van der Waals surface area (Å²) in [6.45, 7) is 0. The van der Waals surface area contributed by atoms with E-state index in [9.17, 15) is 4.79 Å². The van der Waals surface area contributed by atoms with E-state index in [4.69, 9.17) is 5.73 Å². The van der Waals surface area contributed by atoms with E-state index in [0.717, 1.165) is 0 Å². The van der Waals surface area contributed by atoms with Crippen molar-refractivity contribution < 1.29 is 0 Å². The highest BCUT2D eigenvalue weighted by Gasteiger charge is 1.86. The Bertz CT molecular complexity index is 229. The number of aromatic amines is 1. The van der Waals surface area contributed by atoms with Crippen molar-refractivity contribution >= 4 is 5.82 Å². The molecule has 8 heavy (non-hydrogen) atoms. The zero-order valence-corrected chi connectivity index (χ0v) is 4.09. The molecule has 0 amide bonds. The highest BCUT2D eigenvalue weighted by atomic mass is 16.1. The van der Waals surface area contributed by atoms with E-state index in [-0.39, 0.29) is 11.4 Å². The van der Waals surface area contributed by atoms with Gasteiger partial charge in [-0.15, -0.1) is 0 Å². The van der Waals surface area contributed by atoms with Crippen LogP contribution in [0.4, 0.5) is 5.82 Å². The minimum Gasteiger partial charge on any atom is -0.379 e. The van der Waals surface area contributed by atoms with Gasteiger partial charge in [0.1, 0.15) is 0 Å². The van der Waals surface area contributed by atoms with Gasteiger partial charge >= 0.3 is 0 Å². The van der Waals surface area contributed by atoms with Crippen LogP contribution < -0.4 is 11.3 Å². The standard InChI is InChI=1S/C4H5N3O/c5-3-4(8)7-2-1-6-3/h1-2H,(H2,5,6)(H,7,8). The molecule has 3 N–H and O–H groups in total. The Hall–Kier alpha value is -1.32. The molecule has 42 valence electrons. The van der Waals surface area contributed by atoms with Crippen molar-refractivity contribution in [1.82, 2.24) is 9.97 Å². The lowest BCUT2D eigenvalue weighted by Gasteiger charge is -1.83. The molecule has 0 saturated carbocycles. The number of H-pyrrole nitrogens is 1. The Balaban J connectivity index is 3.35. The topological polar surface area (TPSA) is 71.8 Å². The van der Waals surface area contributed by atoms with Crippen LogP contribution in [0.25, 0.3) is 0 Å². The number of aromatic nitrogens is 2. The third-order valence-electron chi connectivity index (χ3n) is 0.735. The summed E-state index contributed by atoms with van der Waals surface area (Å²) in [4.78, 5) is 16.2. The van der Waals surface area contributed by atoms with Crippen molar-refractivity contribution in [2.24, 2.45) is 0 Å². The van der Waals surface area contributed by atoms with E-state index < -0.39 is 0 Å². The predicted molar refractivity (Wildman–Crippen MR) is 29.3 cm³/mol. The molecule has 0 radical (unpaired) electrons. The predicted octanol–water partition coefficient (Wildman–Crippen LogP) is -0.648. The van der Waals surface area contributed by atoms with Crippen LogP contribution >= 0.6 is 0 Å². The van der Waals surface area contributed by atoms with Gasteiger partial charge in [0.05, 0.1) is 0 Å². The normalized spacial score (nSPS) is 9.00. The van der Waals surface area contributed by atoms with Crippen molar-refractivity contribution in [2.75, 3.05) is 5.73 Å². The molecule has 1 rings (SSSR count). The number of hydrogen-bond donors (Lipinski definition) is 2. The lowest BCUT2D eigenvalue weighted by Crippen LogP contribution is -2.11. The minimum absolute atomic E-state index is 0.00694. The van der Waals surface area contributed by atoms with Gasteiger partial charge in [0, 0.05) is 12.4 Å². The van der Waals surface area contributed by atoms with Gasteiger partial charge in [-0.2, -0.15) is 0 Å². The molecule has 0 aliphatic carbocycles. The van der Waals surface area contributed by atoms with Gasteiger partial charge in [0.2, 0.25) is 0 Å². The third kappa shape index (κ3) is 0.676. The number of hydrogen-bond acceptors (Lipinski definition) is 3. The second-order valence-electron chi connectivity index (χ2n) is 1.30. The molecule has 0 fully saturated rings. The zero-order valence-electron chi connectivity index (χ0n) is 4.09. The van der Waals surface area contributed by atoms with E-state index >= 15 is 0 Å². The number of rotatable bonds is 0. The summed E-state index contributed by atoms with van der Waals surface area (Å²) < 4.78 is 0. The fourth-order valence-electron chi connectivity index (χ4n) is 0.363. The summed E-state index contributed by atoms with van der Waals surface area (Å²) in [5.41, 5.74) is 4.72. The molecule has 0 atom stereocenters. The quantitative estimate of drug-likeness (QED) is 0.467. The molecule has 1 aromatic heterocycles. The van der Waals surface area contributed by atoms with Gasteiger partial charge < -0.3 is 10.7 Å². The van der Waals surface area contributed by atoms with E-state index in [1.807, 2.05) is 0 Å². The van der Waals surface area contributed by atoms with Crippen LogP contribution in [0.5, 0.6) is 0 Å². The Kier molecular flexibility index (Phi) is 0.997. The van der Waals surface area contributed by atoms with Crippen LogP contribution in [0.1, 0.15) is 0 Å². The Morgan fingerprint density at radius 1 is 1.75 bits per heavy atom. The average Bonchev–Trinajstić information content (AvgIpc) is 1.77. The van der Waals surface area contributed by atoms with Crippen LogP contribution in [0.15, 0.2) is 17.2 Å². The maximum Gasteiger partial charge on any atom is 0.290 e. The molecule has 0 spiro atoms. The minimum atomic E-state index is -0.340. The zero-order chi connectivity index (χ0) is 5.98. The van der Waals surface area contributed by atoms with E-state index in [2.05, 4.69) is 9.97 Å². The highest BCUT2D eigenvalue weighted by molar-refractivity contribution is 5.20. The summed E-state index contributed by atoms with van der Waals surface area (Å²) in [7, 11) is 0. The van der Waals surface area contributed by atoms with Gasteiger partial charge in [-0.25, -0.2) is 4.98 Å². The fraction of sp³-hybridized carbons (Fsp3) is 0. The molecule has 1 heterocycles. The second kappa shape index (κ2) is 1.65. The SMILES string of the molecule is Nc1ncc[nH]c1=O. The van der Waals surface area contributed by atoms with Gasteiger partial charge in [0.25, 0.3) is 5.56 Å². The summed E-state index contributed by atoms with van der Waals surface area (Å²) in [5.74, 6) is 0.00694. The first-order chi connectivity index (χ1) is 3.80. The van der Waals surface area contributed by atoms with E-state index in [0.29, 0.717) is 0 Å². The monoisotopic (exact) mass is 111 g/mol. The molecule has 0 unspecified atom stereocenters. The van der Waals surface area contributed by atoms with Gasteiger partial charge in [-0.1, -0.05) is 0 Å². The summed E-state index contributed by atoms with van der Waals surface area (Å²) in [5, 5.41) is 0. The number of nitrogens with zero attached hydrogens (tertiary/aromatic N) is 1. The first kappa shape index (κ1) is 4.83.